The molecule has 0 aromatic heterocycles. The van der Waals surface area contributed by atoms with E-state index in [2.05, 4.69) is 20.9 Å². The number of hydrogen-bond donors (Lipinski definition) is 3. The molecule has 2 fully saturated rings. The zero-order valence-corrected chi connectivity index (χ0v) is 18.9. The third-order valence-corrected chi connectivity index (χ3v) is 5.55. The fraction of sp³-hybridized carbons (Fsp3) is 0.619. The van der Waals surface area contributed by atoms with Gasteiger partial charge < -0.3 is 16.0 Å². The predicted octanol–water partition coefficient (Wildman–Crippen LogP) is 3.48. The average molecular weight is 502 g/mol. The van der Waals surface area contributed by atoms with Crippen molar-refractivity contribution in [3.63, 3.8) is 0 Å². The summed E-state index contributed by atoms with van der Waals surface area (Å²) in [6.07, 6.45) is 6.97. The number of amides is 1. The largest absolute Gasteiger partial charge is 0.357 e. The lowest BCUT2D eigenvalue weighted by atomic mass is 9.95. The minimum Gasteiger partial charge on any atom is -0.357 e. The number of nitrogens with one attached hydrogen (secondary N) is 3. The minimum absolute atomic E-state index is 0. The number of hydrogen-bond acceptors (Lipinski definition) is 2. The Hall–Kier alpha value is -1.38. The Bertz CT molecular complexity index is 672. The molecule has 156 valence electrons. The molecule has 2 saturated carbocycles. The van der Waals surface area contributed by atoms with E-state index in [1.165, 1.54) is 18.9 Å². The van der Waals surface area contributed by atoms with Gasteiger partial charge >= 0.3 is 0 Å². The van der Waals surface area contributed by atoms with Crippen molar-refractivity contribution in [2.24, 2.45) is 4.99 Å². The predicted molar refractivity (Wildman–Crippen MR) is 122 cm³/mol. The van der Waals surface area contributed by atoms with Crippen molar-refractivity contribution in [3.05, 3.63) is 35.6 Å². The van der Waals surface area contributed by atoms with Gasteiger partial charge in [0.15, 0.2) is 5.96 Å². The van der Waals surface area contributed by atoms with Gasteiger partial charge in [0.25, 0.3) is 0 Å². The lowest BCUT2D eigenvalue weighted by molar-refractivity contribution is -0.121. The molecule has 1 aromatic rings. The van der Waals surface area contributed by atoms with E-state index < -0.39 is 0 Å². The first-order chi connectivity index (χ1) is 13.1. The molecule has 0 atom stereocenters. The summed E-state index contributed by atoms with van der Waals surface area (Å²) >= 11 is 0. The Morgan fingerprint density at radius 1 is 1.21 bits per heavy atom. The van der Waals surface area contributed by atoms with Crippen molar-refractivity contribution in [1.29, 1.82) is 0 Å². The molecule has 0 aliphatic heterocycles. The zero-order chi connectivity index (χ0) is 19.1. The van der Waals surface area contributed by atoms with Crippen LogP contribution >= 0.6 is 24.0 Å². The van der Waals surface area contributed by atoms with Gasteiger partial charge in [0, 0.05) is 31.0 Å². The molecule has 3 rings (SSSR count). The van der Waals surface area contributed by atoms with Crippen molar-refractivity contribution < 1.29 is 9.18 Å². The summed E-state index contributed by atoms with van der Waals surface area (Å²) in [6.45, 7) is 3.84. The number of halogens is 2. The van der Waals surface area contributed by atoms with Gasteiger partial charge in [0.05, 0.1) is 6.54 Å². The van der Waals surface area contributed by atoms with Crippen LogP contribution in [-0.4, -0.2) is 37.5 Å². The second-order valence-corrected chi connectivity index (χ2v) is 7.68. The van der Waals surface area contributed by atoms with Crippen LogP contribution in [0, 0.1) is 5.82 Å². The molecule has 2 aliphatic rings. The van der Waals surface area contributed by atoms with E-state index in [0.29, 0.717) is 31.5 Å². The summed E-state index contributed by atoms with van der Waals surface area (Å²) in [6, 6.07) is 7.35. The minimum atomic E-state index is -0.173. The van der Waals surface area contributed by atoms with E-state index in [9.17, 15) is 9.18 Å². The Morgan fingerprint density at radius 3 is 2.57 bits per heavy atom. The average Bonchev–Trinajstić information content (AvgIpc) is 3.27. The summed E-state index contributed by atoms with van der Waals surface area (Å²) in [5, 5.41) is 9.53. The van der Waals surface area contributed by atoms with Crippen molar-refractivity contribution in [2.45, 2.75) is 63.3 Å². The first-order valence-electron chi connectivity index (χ1n) is 10.2. The molecule has 3 N–H and O–H groups in total. The summed E-state index contributed by atoms with van der Waals surface area (Å²) in [5.74, 6) is 0.635. The molecular formula is C21H32FIN4O. The first-order valence-corrected chi connectivity index (χ1v) is 10.2. The molecule has 7 heteroatoms. The molecule has 5 nitrogen and oxygen atoms in total. The standard InChI is InChI=1S/C21H31FN4O.HI/c1-2-23-20(24-14-11-19(27)26-16-7-3-4-8-16)25-15-21(12-13-21)17-9-5-6-10-18(17)22;/h5-6,9-10,16H,2-4,7-8,11-15H2,1H3,(H,26,27)(H2,23,24,25);1H. The van der Waals surface area contributed by atoms with Crippen LogP contribution in [0.3, 0.4) is 0 Å². The summed E-state index contributed by atoms with van der Waals surface area (Å²) in [5.41, 5.74) is 0.591. The number of nitrogens with zero attached hydrogens (tertiary/aromatic N) is 1. The Morgan fingerprint density at radius 2 is 1.93 bits per heavy atom. The van der Waals surface area contributed by atoms with E-state index in [1.807, 2.05) is 19.1 Å². The van der Waals surface area contributed by atoms with E-state index in [4.69, 9.17) is 0 Å². The van der Waals surface area contributed by atoms with Gasteiger partial charge in [-0.15, -0.1) is 24.0 Å². The van der Waals surface area contributed by atoms with Crippen molar-refractivity contribution in [2.75, 3.05) is 19.6 Å². The lowest BCUT2D eigenvalue weighted by Crippen LogP contribution is -2.40. The van der Waals surface area contributed by atoms with E-state index in [1.54, 1.807) is 6.07 Å². The van der Waals surface area contributed by atoms with Gasteiger partial charge in [0.2, 0.25) is 5.91 Å². The summed E-state index contributed by atoms with van der Waals surface area (Å²) in [7, 11) is 0. The van der Waals surface area contributed by atoms with Gasteiger partial charge in [-0.2, -0.15) is 0 Å². The highest BCUT2D eigenvalue weighted by molar-refractivity contribution is 14.0. The number of benzene rings is 1. The highest BCUT2D eigenvalue weighted by Gasteiger charge is 2.45. The molecule has 0 unspecified atom stereocenters. The Balaban J connectivity index is 0.00000280. The van der Waals surface area contributed by atoms with E-state index >= 15 is 0 Å². The van der Waals surface area contributed by atoms with E-state index in [-0.39, 0.29) is 41.1 Å². The van der Waals surface area contributed by atoms with Crippen LogP contribution in [-0.2, 0) is 10.2 Å². The van der Waals surface area contributed by atoms with Crippen LogP contribution in [0.5, 0.6) is 0 Å². The smallest absolute Gasteiger partial charge is 0.221 e. The lowest BCUT2D eigenvalue weighted by Gasteiger charge is -2.17. The molecule has 28 heavy (non-hydrogen) atoms. The van der Waals surface area contributed by atoms with Gasteiger partial charge in [-0.3, -0.25) is 9.79 Å². The molecule has 1 amide bonds. The van der Waals surface area contributed by atoms with Gasteiger partial charge in [-0.05, 0) is 44.2 Å². The molecule has 0 spiro atoms. The topological polar surface area (TPSA) is 65.5 Å². The van der Waals surface area contributed by atoms with Crippen LogP contribution in [0.1, 0.15) is 57.4 Å². The Kier molecular flexibility index (Phi) is 8.98. The maximum absolute atomic E-state index is 14.1. The maximum atomic E-state index is 14.1. The summed E-state index contributed by atoms with van der Waals surface area (Å²) in [4.78, 5) is 16.7. The molecule has 0 radical (unpaired) electrons. The highest BCUT2D eigenvalue weighted by Crippen LogP contribution is 2.49. The number of guanidine groups is 1. The number of aliphatic imine (C=N–C) groups is 1. The van der Waals surface area contributed by atoms with E-state index in [0.717, 1.165) is 37.8 Å². The molecule has 1 aromatic carbocycles. The zero-order valence-electron chi connectivity index (χ0n) is 16.6. The molecule has 0 saturated heterocycles. The van der Waals surface area contributed by atoms with Crippen LogP contribution < -0.4 is 16.0 Å². The second-order valence-electron chi connectivity index (χ2n) is 7.68. The van der Waals surface area contributed by atoms with Crippen LogP contribution in [0.25, 0.3) is 0 Å². The second kappa shape index (κ2) is 11.0. The first kappa shape index (κ1) is 22.9. The Labute approximate surface area is 184 Å². The summed E-state index contributed by atoms with van der Waals surface area (Å²) < 4.78 is 14.1. The molecule has 0 bridgehead atoms. The van der Waals surface area contributed by atoms with Crippen molar-refractivity contribution >= 4 is 35.8 Å². The van der Waals surface area contributed by atoms with Gasteiger partial charge in [-0.1, -0.05) is 31.0 Å². The van der Waals surface area contributed by atoms with Gasteiger partial charge in [0.1, 0.15) is 5.82 Å². The SMILES string of the molecule is CCNC(=NCC1(c2ccccc2F)CC1)NCCC(=O)NC1CCCC1.I. The maximum Gasteiger partial charge on any atom is 0.221 e. The highest BCUT2D eigenvalue weighted by atomic mass is 127. The number of rotatable bonds is 8. The quantitative estimate of drug-likeness (QED) is 0.290. The van der Waals surface area contributed by atoms with Crippen LogP contribution in [0.15, 0.2) is 29.3 Å². The number of carbonyl (C=O) groups excluding carboxylic acids is 1. The fourth-order valence-corrected chi connectivity index (χ4v) is 3.79. The third kappa shape index (κ3) is 6.32. The normalized spacial score (nSPS) is 18.3. The molecule has 2 aliphatic carbocycles. The van der Waals surface area contributed by atoms with Crippen molar-refractivity contribution in [1.82, 2.24) is 16.0 Å². The van der Waals surface area contributed by atoms with Crippen molar-refractivity contribution in [3.8, 4) is 0 Å². The van der Waals surface area contributed by atoms with Crippen LogP contribution in [0.4, 0.5) is 4.39 Å². The van der Waals surface area contributed by atoms with Crippen LogP contribution in [0.2, 0.25) is 0 Å². The van der Waals surface area contributed by atoms with Gasteiger partial charge in [-0.25, -0.2) is 4.39 Å². The third-order valence-electron chi connectivity index (χ3n) is 5.55. The number of carbonyl (C=O) groups is 1. The fourth-order valence-electron chi connectivity index (χ4n) is 3.79. The molecular weight excluding hydrogens is 470 g/mol. The monoisotopic (exact) mass is 502 g/mol. The molecule has 0 heterocycles.